The first-order valence-corrected chi connectivity index (χ1v) is 5.43. The highest BCUT2D eigenvalue weighted by Crippen LogP contribution is 2.11. The molecule has 4 heteroatoms. The molecule has 2 nitrogen and oxygen atoms in total. The summed E-state index contributed by atoms with van der Waals surface area (Å²) < 4.78 is 31.7. The second-order valence-electron chi connectivity index (χ2n) is 3.71. The Bertz CT molecular complexity index is 448. The van der Waals surface area contributed by atoms with E-state index in [0.717, 1.165) is 5.76 Å². The van der Waals surface area contributed by atoms with E-state index in [2.05, 4.69) is 5.32 Å². The summed E-state index contributed by atoms with van der Waals surface area (Å²) in [6.07, 6.45) is 2.30. The van der Waals surface area contributed by atoms with E-state index in [9.17, 15) is 8.78 Å². The molecule has 1 aromatic carbocycles. The Hall–Kier alpha value is -1.68. The van der Waals surface area contributed by atoms with Gasteiger partial charge < -0.3 is 9.73 Å². The minimum atomic E-state index is -0.518. The third-order valence-corrected chi connectivity index (χ3v) is 2.49. The van der Waals surface area contributed by atoms with Gasteiger partial charge in [-0.3, -0.25) is 0 Å². The summed E-state index contributed by atoms with van der Waals surface area (Å²) in [5, 5.41) is 2.98. The van der Waals surface area contributed by atoms with E-state index in [-0.39, 0.29) is 12.1 Å². The van der Waals surface area contributed by atoms with Crippen molar-refractivity contribution in [3.05, 3.63) is 59.6 Å². The molecule has 2 aromatic rings. The van der Waals surface area contributed by atoms with E-state index in [1.165, 1.54) is 18.2 Å². The van der Waals surface area contributed by atoms with Gasteiger partial charge in [0.1, 0.15) is 17.4 Å². The van der Waals surface area contributed by atoms with Crippen LogP contribution in [0, 0.1) is 11.6 Å². The van der Waals surface area contributed by atoms with Crippen molar-refractivity contribution in [3.8, 4) is 0 Å². The molecule has 0 unspecified atom stereocenters. The number of furan rings is 1. The van der Waals surface area contributed by atoms with Crippen LogP contribution < -0.4 is 5.32 Å². The van der Waals surface area contributed by atoms with Crippen LogP contribution in [0.15, 0.2) is 41.0 Å². The molecule has 0 bridgehead atoms. The summed E-state index contributed by atoms with van der Waals surface area (Å²) in [5.74, 6) is -0.183. The minimum Gasteiger partial charge on any atom is -0.469 e. The first-order chi connectivity index (χ1) is 8.27. The normalized spacial score (nSPS) is 10.7. The van der Waals surface area contributed by atoms with Gasteiger partial charge in [0, 0.05) is 25.1 Å². The van der Waals surface area contributed by atoms with Crippen molar-refractivity contribution in [2.75, 3.05) is 6.54 Å². The van der Waals surface area contributed by atoms with Crippen molar-refractivity contribution in [1.29, 1.82) is 0 Å². The molecular weight excluding hydrogens is 224 g/mol. The average Bonchev–Trinajstić information content (AvgIpc) is 2.80. The van der Waals surface area contributed by atoms with Gasteiger partial charge in [0.2, 0.25) is 0 Å². The molecule has 0 atom stereocenters. The number of nitrogens with one attached hydrogen (secondary N) is 1. The van der Waals surface area contributed by atoms with Crippen LogP contribution in [0.2, 0.25) is 0 Å². The molecule has 0 spiro atoms. The van der Waals surface area contributed by atoms with Gasteiger partial charge in [-0.2, -0.15) is 0 Å². The first kappa shape index (κ1) is 11.8. The minimum absolute atomic E-state index is 0.0759. The third kappa shape index (κ3) is 3.14. The number of rotatable bonds is 5. The molecule has 0 aliphatic heterocycles. The van der Waals surface area contributed by atoms with Crippen LogP contribution in [0.25, 0.3) is 0 Å². The van der Waals surface area contributed by atoms with Crippen molar-refractivity contribution in [2.45, 2.75) is 13.0 Å². The molecule has 2 rings (SSSR count). The molecule has 0 saturated heterocycles. The zero-order valence-corrected chi connectivity index (χ0v) is 9.25. The number of hydrogen-bond acceptors (Lipinski definition) is 2. The maximum Gasteiger partial charge on any atom is 0.130 e. The second-order valence-corrected chi connectivity index (χ2v) is 3.71. The van der Waals surface area contributed by atoms with Crippen LogP contribution in [-0.4, -0.2) is 6.54 Å². The summed E-state index contributed by atoms with van der Waals surface area (Å²) in [5.41, 5.74) is 0.0759. The van der Waals surface area contributed by atoms with Gasteiger partial charge >= 0.3 is 0 Å². The molecule has 17 heavy (non-hydrogen) atoms. The number of benzene rings is 1. The first-order valence-electron chi connectivity index (χ1n) is 5.43. The molecule has 0 radical (unpaired) electrons. The highest BCUT2D eigenvalue weighted by Gasteiger charge is 2.07. The van der Waals surface area contributed by atoms with Gasteiger partial charge in [-0.05, 0) is 24.3 Å². The summed E-state index contributed by atoms with van der Waals surface area (Å²) >= 11 is 0. The Labute approximate surface area is 98.3 Å². The monoisotopic (exact) mass is 237 g/mol. The molecule has 1 heterocycles. The van der Waals surface area contributed by atoms with E-state index in [4.69, 9.17) is 4.42 Å². The Kier molecular flexibility index (Phi) is 3.88. The van der Waals surface area contributed by atoms with E-state index in [1.807, 2.05) is 12.1 Å². The Morgan fingerprint density at radius 1 is 1.06 bits per heavy atom. The van der Waals surface area contributed by atoms with Crippen LogP contribution in [0.1, 0.15) is 11.3 Å². The van der Waals surface area contributed by atoms with Crippen LogP contribution in [0.5, 0.6) is 0 Å². The highest BCUT2D eigenvalue weighted by molar-refractivity contribution is 5.19. The summed E-state index contributed by atoms with van der Waals surface area (Å²) in [4.78, 5) is 0. The summed E-state index contributed by atoms with van der Waals surface area (Å²) in [6.45, 7) is 0.792. The standard InChI is InChI=1S/C13H13F2NO/c14-12-4-1-5-13(15)11(12)9-16-7-6-10-3-2-8-17-10/h1-5,8,16H,6-7,9H2. The van der Waals surface area contributed by atoms with E-state index in [1.54, 1.807) is 6.26 Å². The smallest absolute Gasteiger partial charge is 0.130 e. The zero-order chi connectivity index (χ0) is 12.1. The molecule has 0 aliphatic rings. The van der Waals surface area contributed by atoms with Gasteiger partial charge in [-0.15, -0.1) is 0 Å². The molecule has 0 saturated carbocycles. The molecule has 0 fully saturated rings. The maximum atomic E-state index is 13.3. The van der Waals surface area contributed by atoms with Crippen LogP contribution in [0.3, 0.4) is 0 Å². The predicted octanol–water partition coefficient (Wildman–Crippen LogP) is 2.89. The lowest BCUT2D eigenvalue weighted by molar-refractivity contribution is 0.492. The van der Waals surface area contributed by atoms with Crippen molar-refractivity contribution in [1.82, 2.24) is 5.32 Å². The molecule has 90 valence electrons. The molecule has 0 amide bonds. The van der Waals surface area contributed by atoms with Gasteiger partial charge in [0.25, 0.3) is 0 Å². The van der Waals surface area contributed by atoms with Gasteiger partial charge in [-0.1, -0.05) is 6.07 Å². The quantitative estimate of drug-likeness (QED) is 0.809. The average molecular weight is 237 g/mol. The molecule has 1 aromatic heterocycles. The van der Waals surface area contributed by atoms with Crippen molar-refractivity contribution >= 4 is 0 Å². The lowest BCUT2D eigenvalue weighted by Crippen LogP contribution is -2.18. The zero-order valence-electron chi connectivity index (χ0n) is 9.25. The fraction of sp³-hybridized carbons (Fsp3) is 0.231. The van der Waals surface area contributed by atoms with Crippen LogP contribution in [-0.2, 0) is 13.0 Å². The third-order valence-electron chi connectivity index (χ3n) is 2.49. The lowest BCUT2D eigenvalue weighted by atomic mass is 10.2. The SMILES string of the molecule is Fc1cccc(F)c1CNCCc1ccco1. The second kappa shape index (κ2) is 5.59. The molecule has 0 aliphatic carbocycles. The molecule has 1 N–H and O–H groups in total. The van der Waals surface area contributed by atoms with E-state index >= 15 is 0 Å². The van der Waals surface area contributed by atoms with Gasteiger partial charge in [-0.25, -0.2) is 8.78 Å². The topological polar surface area (TPSA) is 25.2 Å². The summed E-state index contributed by atoms with van der Waals surface area (Å²) in [6, 6.07) is 7.55. The van der Waals surface area contributed by atoms with Gasteiger partial charge in [0.05, 0.1) is 6.26 Å². The van der Waals surface area contributed by atoms with Crippen LogP contribution in [0.4, 0.5) is 8.78 Å². The lowest BCUT2D eigenvalue weighted by Gasteiger charge is -2.06. The van der Waals surface area contributed by atoms with E-state index < -0.39 is 11.6 Å². The fourth-order valence-corrected chi connectivity index (χ4v) is 1.58. The summed E-state index contributed by atoms with van der Waals surface area (Å²) in [7, 11) is 0. The Morgan fingerprint density at radius 3 is 2.47 bits per heavy atom. The fourth-order valence-electron chi connectivity index (χ4n) is 1.58. The van der Waals surface area contributed by atoms with Crippen molar-refractivity contribution < 1.29 is 13.2 Å². The van der Waals surface area contributed by atoms with Crippen LogP contribution >= 0.6 is 0 Å². The highest BCUT2D eigenvalue weighted by atomic mass is 19.1. The number of hydrogen-bond donors (Lipinski definition) is 1. The van der Waals surface area contributed by atoms with Crippen molar-refractivity contribution in [3.63, 3.8) is 0 Å². The van der Waals surface area contributed by atoms with Crippen molar-refractivity contribution in [2.24, 2.45) is 0 Å². The number of halogens is 2. The Balaban J connectivity index is 1.82. The predicted molar refractivity (Wildman–Crippen MR) is 60.5 cm³/mol. The largest absolute Gasteiger partial charge is 0.469 e. The Morgan fingerprint density at radius 2 is 1.82 bits per heavy atom. The van der Waals surface area contributed by atoms with E-state index in [0.29, 0.717) is 13.0 Å². The maximum absolute atomic E-state index is 13.3. The molecular formula is C13H13F2NO. The van der Waals surface area contributed by atoms with Gasteiger partial charge in [0.15, 0.2) is 0 Å².